The standard InChI is InChI=1S/C17H19N3O6S/c1-3-26-15-7-9-16(10-8-15)27(24,25)19(2)12-17(21)18-13-5-4-6-14(11-13)20(22)23/h4-11H,3,12H2,1-2H3,(H,18,21). The molecule has 0 bridgehead atoms. The van der Waals surface area contributed by atoms with Gasteiger partial charge in [0.05, 0.1) is 23.0 Å². The molecule has 0 spiro atoms. The van der Waals surface area contributed by atoms with E-state index in [0.29, 0.717) is 12.4 Å². The molecule has 0 atom stereocenters. The predicted molar refractivity (Wildman–Crippen MR) is 99.2 cm³/mol. The van der Waals surface area contributed by atoms with Gasteiger partial charge in [-0.25, -0.2) is 8.42 Å². The first-order valence-corrected chi connectivity index (χ1v) is 9.41. The fourth-order valence-corrected chi connectivity index (χ4v) is 3.37. The van der Waals surface area contributed by atoms with Crippen molar-refractivity contribution in [2.75, 3.05) is 25.5 Å². The Kier molecular flexibility index (Phi) is 6.48. The van der Waals surface area contributed by atoms with Crippen molar-refractivity contribution >= 4 is 27.3 Å². The molecule has 0 saturated heterocycles. The van der Waals surface area contributed by atoms with E-state index in [2.05, 4.69) is 5.32 Å². The van der Waals surface area contributed by atoms with Crippen LogP contribution in [-0.2, 0) is 14.8 Å². The summed E-state index contributed by atoms with van der Waals surface area (Å²) in [5.41, 5.74) is 0.0317. The van der Waals surface area contributed by atoms with Gasteiger partial charge in [0.25, 0.3) is 5.69 Å². The molecule has 2 aromatic rings. The first-order valence-electron chi connectivity index (χ1n) is 7.97. The molecule has 1 N–H and O–H groups in total. The number of likely N-dealkylation sites (N-methyl/N-ethyl adjacent to an activating group) is 1. The highest BCUT2D eigenvalue weighted by molar-refractivity contribution is 7.89. The van der Waals surface area contributed by atoms with Crippen LogP contribution < -0.4 is 10.1 Å². The van der Waals surface area contributed by atoms with Crippen LogP contribution >= 0.6 is 0 Å². The zero-order valence-corrected chi connectivity index (χ0v) is 15.6. The Balaban J connectivity index is 2.06. The highest BCUT2D eigenvalue weighted by Gasteiger charge is 2.23. The Morgan fingerprint density at radius 1 is 1.22 bits per heavy atom. The quantitative estimate of drug-likeness (QED) is 0.543. The van der Waals surface area contributed by atoms with E-state index >= 15 is 0 Å². The van der Waals surface area contributed by atoms with Gasteiger partial charge in [-0.1, -0.05) is 6.07 Å². The lowest BCUT2D eigenvalue weighted by Crippen LogP contribution is -2.34. The minimum atomic E-state index is -3.87. The largest absolute Gasteiger partial charge is 0.494 e. The van der Waals surface area contributed by atoms with Gasteiger partial charge >= 0.3 is 0 Å². The van der Waals surface area contributed by atoms with E-state index in [0.717, 1.165) is 4.31 Å². The molecule has 0 unspecified atom stereocenters. The SMILES string of the molecule is CCOc1ccc(S(=O)(=O)N(C)CC(=O)Nc2cccc([N+](=O)[O-])c2)cc1. The number of carbonyl (C=O) groups is 1. The van der Waals surface area contributed by atoms with Crippen LogP contribution in [0.4, 0.5) is 11.4 Å². The number of rotatable bonds is 8. The van der Waals surface area contributed by atoms with Gasteiger partial charge in [-0.05, 0) is 37.3 Å². The van der Waals surface area contributed by atoms with E-state index < -0.39 is 27.4 Å². The number of hydrogen-bond acceptors (Lipinski definition) is 6. The Morgan fingerprint density at radius 2 is 1.89 bits per heavy atom. The van der Waals surface area contributed by atoms with Gasteiger partial charge in [0.2, 0.25) is 15.9 Å². The van der Waals surface area contributed by atoms with Crippen molar-refractivity contribution in [3.63, 3.8) is 0 Å². The molecule has 0 saturated carbocycles. The Labute approximate surface area is 156 Å². The van der Waals surface area contributed by atoms with Crippen LogP contribution in [0.25, 0.3) is 0 Å². The Hall–Kier alpha value is -2.98. The summed E-state index contributed by atoms with van der Waals surface area (Å²) in [5, 5.41) is 13.2. The lowest BCUT2D eigenvalue weighted by molar-refractivity contribution is -0.384. The van der Waals surface area contributed by atoms with Gasteiger partial charge < -0.3 is 10.1 Å². The number of nitrogens with one attached hydrogen (secondary N) is 1. The number of nitro benzene ring substituents is 1. The topological polar surface area (TPSA) is 119 Å². The number of nitrogens with zero attached hydrogens (tertiary/aromatic N) is 2. The summed E-state index contributed by atoms with van der Waals surface area (Å²) in [5.74, 6) is -0.0740. The highest BCUT2D eigenvalue weighted by atomic mass is 32.2. The third-order valence-electron chi connectivity index (χ3n) is 3.55. The zero-order chi connectivity index (χ0) is 20.0. The molecule has 0 aliphatic carbocycles. The summed E-state index contributed by atoms with van der Waals surface area (Å²) in [7, 11) is -2.59. The second-order valence-corrected chi connectivity index (χ2v) is 7.57. The van der Waals surface area contributed by atoms with Crippen molar-refractivity contribution in [3.8, 4) is 5.75 Å². The predicted octanol–water partition coefficient (Wildman–Crippen LogP) is 2.25. The van der Waals surface area contributed by atoms with Crippen LogP contribution in [-0.4, -0.2) is 43.8 Å². The number of anilines is 1. The van der Waals surface area contributed by atoms with Gasteiger partial charge in [-0.2, -0.15) is 4.31 Å². The van der Waals surface area contributed by atoms with E-state index in [1.807, 2.05) is 6.92 Å². The van der Waals surface area contributed by atoms with Crippen LogP contribution in [0.5, 0.6) is 5.75 Å². The molecule has 0 aliphatic rings. The van der Waals surface area contributed by atoms with E-state index in [1.54, 1.807) is 0 Å². The van der Waals surface area contributed by atoms with E-state index in [-0.39, 0.29) is 16.3 Å². The molecule has 10 heteroatoms. The first-order chi connectivity index (χ1) is 12.7. The second kappa shape index (κ2) is 8.60. The molecule has 2 aromatic carbocycles. The van der Waals surface area contributed by atoms with E-state index in [9.17, 15) is 23.3 Å². The minimum absolute atomic E-state index is 0.0246. The molecule has 0 aromatic heterocycles. The molecule has 27 heavy (non-hydrogen) atoms. The van der Waals surface area contributed by atoms with Crippen molar-refractivity contribution in [1.29, 1.82) is 0 Å². The molecule has 0 aliphatic heterocycles. The maximum Gasteiger partial charge on any atom is 0.271 e. The van der Waals surface area contributed by atoms with Crippen molar-refractivity contribution in [1.82, 2.24) is 4.31 Å². The molecular formula is C17H19N3O6S. The van der Waals surface area contributed by atoms with Gasteiger partial charge in [-0.15, -0.1) is 0 Å². The minimum Gasteiger partial charge on any atom is -0.494 e. The van der Waals surface area contributed by atoms with E-state index in [4.69, 9.17) is 4.74 Å². The smallest absolute Gasteiger partial charge is 0.271 e. The molecule has 9 nitrogen and oxygen atoms in total. The maximum absolute atomic E-state index is 12.5. The summed E-state index contributed by atoms with van der Waals surface area (Å²) in [6.07, 6.45) is 0. The van der Waals surface area contributed by atoms with Crippen LogP contribution in [0.1, 0.15) is 6.92 Å². The molecule has 144 valence electrons. The zero-order valence-electron chi connectivity index (χ0n) is 14.8. The number of benzene rings is 2. The summed E-state index contributed by atoms with van der Waals surface area (Å²) >= 11 is 0. The molecule has 0 fully saturated rings. The van der Waals surface area contributed by atoms with Crippen LogP contribution in [0.15, 0.2) is 53.4 Å². The number of sulfonamides is 1. The number of non-ortho nitro benzene ring substituents is 1. The Bertz CT molecular complexity index is 928. The number of ether oxygens (including phenoxy) is 1. The van der Waals surface area contributed by atoms with E-state index in [1.165, 1.54) is 55.6 Å². The summed E-state index contributed by atoms with van der Waals surface area (Å²) in [6, 6.07) is 11.3. The average molecular weight is 393 g/mol. The van der Waals surface area contributed by atoms with Crippen molar-refractivity contribution < 1.29 is 22.9 Å². The second-order valence-electron chi connectivity index (χ2n) is 5.52. The summed E-state index contributed by atoms with van der Waals surface area (Å²) in [4.78, 5) is 22.3. The third kappa shape index (κ3) is 5.25. The molecule has 0 heterocycles. The fraction of sp³-hybridized carbons (Fsp3) is 0.235. The molecule has 1 amide bonds. The lowest BCUT2D eigenvalue weighted by atomic mass is 10.3. The van der Waals surface area contributed by atoms with Gasteiger partial charge in [0.1, 0.15) is 5.75 Å². The number of carbonyl (C=O) groups excluding carboxylic acids is 1. The maximum atomic E-state index is 12.5. The van der Waals surface area contributed by atoms with Gasteiger partial charge in [-0.3, -0.25) is 14.9 Å². The molecular weight excluding hydrogens is 374 g/mol. The summed E-state index contributed by atoms with van der Waals surface area (Å²) < 4.78 is 31.3. The van der Waals surface area contributed by atoms with Gasteiger partial charge in [0.15, 0.2) is 0 Å². The lowest BCUT2D eigenvalue weighted by Gasteiger charge is -2.17. The summed E-state index contributed by atoms with van der Waals surface area (Å²) in [6.45, 7) is 1.83. The van der Waals surface area contributed by atoms with Crippen LogP contribution in [0.2, 0.25) is 0 Å². The van der Waals surface area contributed by atoms with Crippen molar-refractivity contribution in [2.24, 2.45) is 0 Å². The normalized spacial score (nSPS) is 11.2. The number of nitro groups is 1. The van der Waals surface area contributed by atoms with Crippen molar-refractivity contribution in [3.05, 3.63) is 58.6 Å². The number of amides is 1. The third-order valence-corrected chi connectivity index (χ3v) is 5.37. The van der Waals surface area contributed by atoms with Crippen molar-refractivity contribution in [2.45, 2.75) is 11.8 Å². The Morgan fingerprint density at radius 3 is 2.48 bits per heavy atom. The van der Waals surface area contributed by atoms with Crippen LogP contribution in [0, 0.1) is 10.1 Å². The average Bonchev–Trinajstić information content (AvgIpc) is 2.62. The van der Waals surface area contributed by atoms with Gasteiger partial charge in [0, 0.05) is 24.9 Å². The number of hydrogen-bond donors (Lipinski definition) is 1. The highest BCUT2D eigenvalue weighted by Crippen LogP contribution is 2.20. The first kappa shape index (κ1) is 20.3. The van der Waals surface area contributed by atoms with Crippen LogP contribution in [0.3, 0.4) is 0 Å². The molecule has 2 rings (SSSR count). The fourth-order valence-electron chi connectivity index (χ4n) is 2.24. The monoisotopic (exact) mass is 393 g/mol. The molecule has 0 radical (unpaired) electrons.